The number of unbranched alkanes of at least 4 members (excludes halogenated alkanes) is 3. The van der Waals surface area contributed by atoms with E-state index in [1.807, 2.05) is 0 Å². The summed E-state index contributed by atoms with van der Waals surface area (Å²) in [5, 5.41) is 0. The third-order valence-corrected chi connectivity index (χ3v) is 0.957. The Morgan fingerprint density at radius 3 is 1.20 bits per heavy atom. The second kappa shape index (κ2) is 12.6. The quantitative estimate of drug-likeness (QED) is 0.474. The van der Waals surface area contributed by atoms with Crippen LogP contribution in [0.15, 0.2) is 0 Å². The lowest BCUT2D eigenvalue weighted by Crippen LogP contribution is -1.66. The Balaban J connectivity index is 0. The molecular weight excluding hydrogens is 189 g/mol. The van der Waals surface area contributed by atoms with Crippen molar-refractivity contribution in [2.75, 3.05) is 0 Å². The highest BCUT2D eigenvalue weighted by Crippen LogP contribution is 1.97. The average molecular weight is 203 g/mol. The largest absolute Gasteiger partial charge is 0.450 e. The molecule has 0 aromatic heterocycles. The molecule has 0 radical (unpaired) electrons. The SMILES string of the molecule is CCCCCC.ClB(Cl)Cl. The zero-order valence-electron chi connectivity index (χ0n) is 6.54. The van der Waals surface area contributed by atoms with Crippen molar-refractivity contribution < 1.29 is 0 Å². The molecule has 0 nitrogen and oxygen atoms in total. The van der Waals surface area contributed by atoms with Gasteiger partial charge in [0.2, 0.25) is 0 Å². The van der Waals surface area contributed by atoms with Crippen molar-refractivity contribution in [2.45, 2.75) is 39.5 Å². The van der Waals surface area contributed by atoms with Crippen molar-refractivity contribution in [3.8, 4) is 0 Å². The zero-order chi connectivity index (χ0) is 8.41. The van der Waals surface area contributed by atoms with Crippen LogP contribution in [0.25, 0.3) is 0 Å². The maximum absolute atomic E-state index is 4.81. The van der Waals surface area contributed by atoms with E-state index in [0.717, 1.165) is 0 Å². The topological polar surface area (TPSA) is 0 Å². The minimum atomic E-state index is -0.750. The summed E-state index contributed by atoms with van der Waals surface area (Å²) in [6, 6.07) is 0. The molecule has 0 aliphatic heterocycles. The second-order valence-corrected chi connectivity index (χ2v) is 3.93. The van der Waals surface area contributed by atoms with Gasteiger partial charge in [0.15, 0.2) is 0 Å². The van der Waals surface area contributed by atoms with Crippen LogP contribution in [0.2, 0.25) is 0 Å². The molecule has 0 aromatic carbocycles. The summed E-state index contributed by atoms with van der Waals surface area (Å²) in [4.78, 5) is -0.750. The minimum Gasteiger partial charge on any atom is -0.150 e. The van der Waals surface area contributed by atoms with E-state index in [9.17, 15) is 0 Å². The standard InChI is InChI=1S/C6H14.BCl3/c1-3-5-6-4-2;2-1(3)4/h3-6H2,1-2H3;. The predicted octanol–water partition coefficient (Wildman–Crippen LogP) is 4.27. The summed E-state index contributed by atoms with van der Waals surface area (Å²) in [5.41, 5.74) is 0. The molecule has 0 spiro atoms. The molecule has 0 saturated carbocycles. The molecule has 0 rings (SSSR count). The van der Waals surface area contributed by atoms with E-state index in [0.29, 0.717) is 0 Å². The molecular formula is C6H14BCl3. The van der Waals surface area contributed by atoms with E-state index >= 15 is 0 Å². The molecule has 0 amide bonds. The molecule has 0 aliphatic carbocycles. The van der Waals surface area contributed by atoms with Crippen LogP contribution in [0, 0.1) is 0 Å². The van der Waals surface area contributed by atoms with Gasteiger partial charge in [0.1, 0.15) is 0 Å². The van der Waals surface area contributed by atoms with Crippen LogP contribution >= 0.6 is 34.4 Å². The molecule has 0 saturated heterocycles. The van der Waals surface area contributed by atoms with E-state index in [1.54, 1.807) is 0 Å². The number of rotatable bonds is 3. The molecule has 62 valence electrons. The molecule has 10 heavy (non-hydrogen) atoms. The second-order valence-electron chi connectivity index (χ2n) is 1.95. The van der Waals surface area contributed by atoms with E-state index in [-0.39, 0.29) is 0 Å². The first-order chi connectivity index (χ1) is 4.65. The average Bonchev–Trinajstić information content (AvgIpc) is 1.82. The van der Waals surface area contributed by atoms with Gasteiger partial charge in [-0.1, -0.05) is 39.5 Å². The minimum absolute atomic E-state index is 0.750. The van der Waals surface area contributed by atoms with Crippen molar-refractivity contribution >= 4 is 39.3 Å². The van der Waals surface area contributed by atoms with Crippen molar-refractivity contribution in [2.24, 2.45) is 0 Å². The number of halogens is 3. The Hall–Kier alpha value is 0.935. The molecule has 0 unspecified atom stereocenters. The molecule has 4 heteroatoms. The van der Waals surface area contributed by atoms with Gasteiger partial charge < -0.3 is 0 Å². The van der Waals surface area contributed by atoms with Crippen molar-refractivity contribution in [1.29, 1.82) is 0 Å². The summed E-state index contributed by atoms with van der Waals surface area (Å²) >= 11 is 14.4. The third-order valence-electron chi connectivity index (χ3n) is 0.957. The highest BCUT2D eigenvalue weighted by molar-refractivity contribution is 7.54. The molecule has 0 fully saturated rings. The van der Waals surface area contributed by atoms with Gasteiger partial charge in [-0.3, -0.25) is 0 Å². The van der Waals surface area contributed by atoms with Gasteiger partial charge in [0.05, 0.1) is 0 Å². The van der Waals surface area contributed by atoms with E-state index in [1.165, 1.54) is 25.7 Å². The van der Waals surface area contributed by atoms with Crippen molar-refractivity contribution in [3.05, 3.63) is 0 Å². The zero-order valence-corrected chi connectivity index (χ0v) is 8.81. The maximum Gasteiger partial charge on any atom is 0.450 e. The van der Waals surface area contributed by atoms with Crippen molar-refractivity contribution in [1.82, 2.24) is 0 Å². The molecule has 0 aromatic rings. The lowest BCUT2D eigenvalue weighted by atomic mass is 10.2. The van der Waals surface area contributed by atoms with Crippen LogP contribution in [0.4, 0.5) is 0 Å². The maximum atomic E-state index is 4.81. The summed E-state index contributed by atoms with van der Waals surface area (Å²) < 4.78 is 0. The normalized spacial score (nSPS) is 8.10. The van der Waals surface area contributed by atoms with Crippen LogP contribution in [-0.2, 0) is 0 Å². The Morgan fingerprint density at radius 1 is 0.900 bits per heavy atom. The third kappa shape index (κ3) is 36.3. The fraction of sp³-hybridized carbons (Fsp3) is 1.00. The predicted molar refractivity (Wildman–Crippen MR) is 53.1 cm³/mol. The van der Waals surface area contributed by atoms with Gasteiger partial charge in [-0.25, -0.2) is 0 Å². The highest BCUT2D eigenvalue weighted by atomic mass is 35.6. The highest BCUT2D eigenvalue weighted by Gasteiger charge is 1.91. The summed E-state index contributed by atoms with van der Waals surface area (Å²) in [6.45, 7) is 4.46. The fourth-order valence-corrected chi connectivity index (χ4v) is 0.500. The molecule has 0 atom stereocenters. The van der Waals surface area contributed by atoms with Crippen LogP contribution in [0.3, 0.4) is 0 Å². The van der Waals surface area contributed by atoms with Crippen LogP contribution < -0.4 is 0 Å². The van der Waals surface area contributed by atoms with Gasteiger partial charge in [0, 0.05) is 0 Å². The van der Waals surface area contributed by atoms with Crippen LogP contribution in [0.5, 0.6) is 0 Å². The van der Waals surface area contributed by atoms with E-state index in [4.69, 9.17) is 34.4 Å². The first-order valence-electron chi connectivity index (χ1n) is 3.57. The lowest BCUT2D eigenvalue weighted by Gasteiger charge is -1.86. The Bertz CT molecular complexity index is 43.5. The van der Waals surface area contributed by atoms with Gasteiger partial charge in [-0.05, 0) is 0 Å². The summed E-state index contributed by atoms with van der Waals surface area (Å²) in [7, 11) is 0. The van der Waals surface area contributed by atoms with Crippen LogP contribution in [-0.4, -0.2) is 4.96 Å². The fourth-order valence-electron chi connectivity index (χ4n) is 0.500. The van der Waals surface area contributed by atoms with Crippen molar-refractivity contribution in [3.63, 3.8) is 0 Å². The molecule has 0 bridgehead atoms. The summed E-state index contributed by atoms with van der Waals surface area (Å²) in [5.74, 6) is 0. The molecule has 0 aliphatic rings. The van der Waals surface area contributed by atoms with Gasteiger partial charge >= 0.3 is 4.96 Å². The lowest BCUT2D eigenvalue weighted by molar-refractivity contribution is 0.702. The van der Waals surface area contributed by atoms with Gasteiger partial charge in [-0.2, -0.15) is 34.4 Å². The summed E-state index contributed by atoms with van der Waals surface area (Å²) in [6.07, 6.45) is 5.54. The Morgan fingerprint density at radius 2 is 1.10 bits per heavy atom. The molecule has 0 N–H and O–H groups in total. The first kappa shape index (κ1) is 13.5. The van der Waals surface area contributed by atoms with Crippen LogP contribution in [0.1, 0.15) is 39.5 Å². The Labute approximate surface area is 79.1 Å². The van der Waals surface area contributed by atoms with Gasteiger partial charge in [-0.15, -0.1) is 0 Å². The van der Waals surface area contributed by atoms with Gasteiger partial charge in [0.25, 0.3) is 0 Å². The smallest absolute Gasteiger partial charge is 0.150 e. The number of hydrogen-bond donors (Lipinski definition) is 0. The molecule has 0 heterocycles. The number of hydrogen-bond acceptors (Lipinski definition) is 0. The Kier molecular flexibility index (Phi) is 17.0. The van der Waals surface area contributed by atoms with E-state index in [2.05, 4.69) is 13.8 Å². The first-order valence-corrected chi connectivity index (χ1v) is 4.88. The van der Waals surface area contributed by atoms with E-state index < -0.39 is 4.96 Å². The monoisotopic (exact) mass is 202 g/mol.